The minimum absolute atomic E-state index is 0.0894. The Morgan fingerprint density at radius 2 is 0.537 bits per heavy atom. The lowest BCUT2D eigenvalue weighted by atomic mass is 10.1. The monoisotopic (exact) mass is 935 g/mol. The van der Waals surface area contributed by atoms with Crippen molar-refractivity contribution in [2.24, 2.45) is 0 Å². The van der Waals surface area contributed by atoms with Gasteiger partial charge in [-0.05, 0) is 116 Å². The van der Waals surface area contributed by atoms with Crippen LogP contribution in [0.25, 0.3) is 0 Å². The summed E-state index contributed by atoms with van der Waals surface area (Å²) in [6.45, 7) is 6.56. The average molecular weight is 936 g/mol. The third kappa shape index (κ3) is 53.7. The zero-order chi connectivity index (χ0) is 48.6. The van der Waals surface area contributed by atoms with Crippen molar-refractivity contribution < 1.29 is 28.6 Å². The molecule has 0 saturated heterocycles. The molecule has 0 aliphatic rings. The average Bonchev–Trinajstić information content (AvgIpc) is 3.33. The van der Waals surface area contributed by atoms with E-state index in [0.29, 0.717) is 19.3 Å². The van der Waals surface area contributed by atoms with E-state index in [9.17, 15) is 14.4 Å². The molecule has 6 nitrogen and oxygen atoms in total. The number of carbonyl (C=O) groups excluding carboxylic acids is 3. The lowest BCUT2D eigenvalue weighted by molar-refractivity contribution is -0.167. The Kier molecular flexibility index (Phi) is 52.8. The van der Waals surface area contributed by atoms with Crippen LogP contribution < -0.4 is 0 Å². The van der Waals surface area contributed by atoms with Crippen molar-refractivity contribution in [2.75, 3.05) is 13.2 Å². The maximum absolute atomic E-state index is 12.8. The predicted molar refractivity (Wildman–Crippen MR) is 288 cm³/mol. The van der Waals surface area contributed by atoms with Crippen LogP contribution in [0.4, 0.5) is 0 Å². The third-order valence-corrected chi connectivity index (χ3v) is 12.2. The standard InChI is InChI=1S/C61H106O6/c1-4-7-10-13-16-19-22-25-28-29-30-31-34-36-39-42-45-48-51-54-60(63)66-57-58(67-61(64)55-52-49-46-43-40-37-33-27-24-21-18-15-12-9-6-3)56-65-59(62)53-50-47-44-41-38-35-32-26-23-20-17-14-11-8-5-2/h16,18-19,21,25-28,30-33,58H,4-15,17,20,22-24,29,34-57H2,1-3H3/b19-16-,21-18-,28-25-,31-30-,32-26-,33-27-. The van der Waals surface area contributed by atoms with Crippen LogP contribution >= 0.6 is 0 Å². The number of ether oxygens (including phenoxy) is 3. The van der Waals surface area contributed by atoms with Crippen molar-refractivity contribution in [1.29, 1.82) is 0 Å². The summed E-state index contributed by atoms with van der Waals surface area (Å²) in [4.78, 5) is 38.1. The van der Waals surface area contributed by atoms with Crippen molar-refractivity contribution in [3.05, 3.63) is 72.9 Å². The van der Waals surface area contributed by atoms with Gasteiger partial charge in [0.25, 0.3) is 0 Å². The van der Waals surface area contributed by atoms with Crippen molar-refractivity contribution in [3.8, 4) is 0 Å². The number of unbranched alkanes of at least 4 members (excludes halogenated alkanes) is 28. The zero-order valence-corrected chi connectivity index (χ0v) is 44.2. The quantitative estimate of drug-likeness (QED) is 0.0262. The van der Waals surface area contributed by atoms with Crippen LogP contribution in [-0.2, 0) is 28.6 Å². The molecule has 0 rings (SSSR count). The molecule has 0 heterocycles. The van der Waals surface area contributed by atoms with Gasteiger partial charge in [-0.3, -0.25) is 14.4 Å². The molecule has 0 aliphatic heterocycles. The fourth-order valence-corrected chi connectivity index (χ4v) is 7.83. The van der Waals surface area contributed by atoms with Gasteiger partial charge in [-0.15, -0.1) is 0 Å². The van der Waals surface area contributed by atoms with E-state index in [4.69, 9.17) is 14.2 Å². The molecule has 1 unspecified atom stereocenters. The molecule has 386 valence electrons. The topological polar surface area (TPSA) is 78.9 Å². The van der Waals surface area contributed by atoms with Gasteiger partial charge in [0, 0.05) is 19.3 Å². The van der Waals surface area contributed by atoms with E-state index in [1.54, 1.807) is 0 Å². The smallest absolute Gasteiger partial charge is 0.306 e. The van der Waals surface area contributed by atoms with Gasteiger partial charge in [0.1, 0.15) is 13.2 Å². The summed E-state index contributed by atoms with van der Waals surface area (Å²) in [5, 5.41) is 0. The summed E-state index contributed by atoms with van der Waals surface area (Å²) in [7, 11) is 0. The zero-order valence-electron chi connectivity index (χ0n) is 44.2. The Morgan fingerprint density at radius 3 is 0.881 bits per heavy atom. The van der Waals surface area contributed by atoms with E-state index < -0.39 is 6.10 Å². The molecule has 0 aromatic carbocycles. The van der Waals surface area contributed by atoms with Crippen LogP contribution in [0.2, 0.25) is 0 Å². The van der Waals surface area contributed by atoms with Gasteiger partial charge < -0.3 is 14.2 Å². The third-order valence-electron chi connectivity index (χ3n) is 12.2. The summed E-state index contributed by atoms with van der Waals surface area (Å²) < 4.78 is 16.8. The molecule has 0 aliphatic carbocycles. The lowest BCUT2D eigenvalue weighted by Crippen LogP contribution is -2.30. The molecular formula is C61H106O6. The normalized spacial score (nSPS) is 12.6. The van der Waals surface area contributed by atoms with E-state index in [-0.39, 0.29) is 31.1 Å². The first-order chi connectivity index (χ1) is 33.0. The Bertz CT molecular complexity index is 1260. The second kappa shape index (κ2) is 55.4. The molecule has 0 amide bonds. The number of rotatable bonds is 51. The first kappa shape index (κ1) is 63.8. The fourth-order valence-electron chi connectivity index (χ4n) is 7.83. The fraction of sp³-hybridized carbons (Fsp3) is 0.754. The minimum Gasteiger partial charge on any atom is -0.462 e. The molecule has 0 aromatic rings. The van der Waals surface area contributed by atoms with E-state index >= 15 is 0 Å². The first-order valence-corrected chi connectivity index (χ1v) is 28.4. The maximum Gasteiger partial charge on any atom is 0.306 e. The van der Waals surface area contributed by atoms with Gasteiger partial charge in [0.2, 0.25) is 0 Å². The second-order valence-electron chi connectivity index (χ2n) is 18.8. The molecule has 0 saturated carbocycles. The molecule has 0 fully saturated rings. The van der Waals surface area contributed by atoms with Crippen LogP contribution in [0.15, 0.2) is 72.9 Å². The maximum atomic E-state index is 12.8. The van der Waals surface area contributed by atoms with Crippen molar-refractivity contribution in [2.45, 2.75) is 284 Å². The SMILES string of the molecule is CCCCC/C=C\C/C=C\C/C=C\CCCCCCCCC(=O)OCC(COC(=O)CCCCCCC/C=C\CCCCCCCC)OC(=O)CCCCCCC/C=C\C/C=C\CCCCC. The summed E-state index contributed by atoms with van der Waals surface area (Å²) >= 11 is 0. The van der Waals surface area contributed by atoms with Crippen LogP contribution in [0.3, 0.4) is 0 Å². The number of hydrogen-bond acceptors (Lipinski definition) is 6. The van der Waals surface area contributed by atoms with Crippen LogP contribution in [0, 0.1) is 0 Å². The highest BCUT2D eigenvalue weighted by Crippen LogP contribution is 2.14. The first-order valence-electron chi connectivity index (χ1n) is 28.4. The van der Waals surface area contributed by atoms with Crippen molar-refractivity contribution in [1.82, 2.24) is 0 Å². The summed E-state index contributed by atoms with van der Waals surface area (Å²) in [5.74, 6) is -0.917. The van der Waals surface area contributed by atoms with Gasteiger partial charge in [-0.2, -0.15) is 0 Å². The van der Waals surface area contributed by atoms with Gasteiger partial charge in [-0.25, -0.2) is 0 Å². The largest absolute Gasteiger partial charge is 0.462 e. The van der Waals surface area contributed by atoms with E-state index in [2.05, 4.69) is 93.7 Å². The summed E-state index contributed by atoms with van der Waals surface area (Å²) in [6.07, 6.45) is 70.2. The number of allylic oxidation sites excluding steroid dienone is 12. The molecule has 1 atom stereocenters. The van der Waals surface area contributed by atoms with Crippen molar-refractivity contribution >= 4 is 17.9 Å². The van der Waals surface area contributed by atoms with Crippen LogP contribution in [0.5, 0.6) is 0 Å². The van der Waals surface area contributed by atoms with Gasteiger partial charge in [0.15, 0.2) is 6.10 Å². The van der Waals surface area contributed by atoms with E-state index in [1.165, 1.54) is 128 Å². The second-order valence-corrected chi connectivity index (χ2v) is 18.8. The number of hydrogen-bond donors (Lipinski definition) is 0. The highest BCUT2D eigenvalue weighted by Gasteiger charge is 2.19. The van der Waals surface area contributed by atoms with E-state index in [1.807, 2.05) is 0 Å². The molecule has 0 spiro atoms. The van der Waals surface area contributed by atoms with Crippen LogP contribution in [0.1, 0.15) is 278 Å². The van der Waals surface area contributed by atoms with Gasteiger partial charge >= 0.3 is 17.9 Å². The van der Waals surface area contributed by atoms with Gasteiger partial charge in [-0.1, -0.05) is 216 Å². The van der Waals surface area contributed by atoms with E-state index in [0.717, 1.165) is 109 Å². The molecule has 67 heavy (non-hydrogen) atoms. The number of carbonyl (C=O) groups is 3. The highest BCUT2D eigenvalue weighted by atomic mass is 16.6. The lowest BCUT2D eigenvalue weighted by Gasteiger charge is -2.18. The minimum atomic E-state index is -0.792. The van der Waals surface area contributed by atoms with Crippen molar-refractivity contribution in [3.63, 3.8) is 0 Å². The van der Waals surface area contributed by atoms with Crippen LogP contribution in [-0.4, -0.2) is 37.2 Å². The Hall–Kier alpha value is -3.15. The molecule has 6 heteroatoms. The Morgan fingerprint density at radius 1 is 0.299 bits per heavy atom. The Balaban J connectivity index is 4.43. The summed E-state index contributed by atoms with van der Waals surface area (Å²) in [6, 6.07) is 0. The molecule has 0 radical (unpaired) electrons. The molecule has 0 bridgehead atoms. The number of esters is 3. The summed E-state index contributed by atoms with van der Waals surface area (Å²) in [5.41, 5.74) is 0. The molecule has 0 aromatic heterocycles. The molecular weight excluding hydrogens is 829 g/mol. The molecule has 0 N–H and O–H groups in total. The Labute approximate surface area is 414 Å². The van der Waals surface area contributed by atoms with Gasteiger partial charge in [0.05, 0.1) is 0 Å². The highest BCUT2D eigenvalue weighted by molar-refractivity contribution is 5.71. The predicted octanol–water partition coefficient (Wildman–Crippen LogP) is 19.0.